The second-order valence-electron chi connectivity index (χ2n) is 4.58. The van der Waals surface area contributed by atoms with Gasteiger partial charge in [0.2, 0.25) is 0 Å². The quantitative estimate of drug-likeness (QED) is 0.716. The summed E-state index contributed by atoms with van der Waals surface area (Å²) in [4.78, 5) is 1.19. The number of anilines is 1. The van der Waals surface area contributed by atoms with Crippen molar-refractivity contribution < 1.29 is 4.74 Å². The molecule has 2 nitrogen and oxygen atoms in total. The monoisotopic (exact) mass is 269 g/mol. The van der Waals surface area contributed by atoms with Crippen LogP contribution >= 0.6 is 11.3 Å². The summed E-state index contributed by atoms with van der Waals surface area (Å²) in [7, 11) is 0. The SMILES string of the molecule is Cc1cccc(OCc2cc3cccc(N)c3s2)c1. The summed E-state index contributed by atoms with van der Waals surface area (Å²) in [5, 5.41) is 1.19. The van der Waals surface area contributed by atoms with E-state index in [0.717, 1.165) is 16.1 Å². The molecule has 0 aliphatic rings. The first-order chi connectivity index (χ1) is 9.22. The smallest absolute Gasteiger partial charge is 0.122 e. The Morgan fingerprint density at radius 2 is 1.95 bits per heavy atom. The van der Waals surface area contributed by atoms with E-state index in [1.54, 1.807) is 11.3 Å². The summed E-state index contributed by atoms with van der Waals surface area (Å²) < 4.78 is 6.96. The topological polar surface area (TPSA) is 35.2 Å². The zero-order valence-corrected chi connectivity index (χ0v) is 11.5. The van der Waals surface area contributed by atoms with Gasteiger partial charge in [-0.1, -0.05) is 24.3 Å². The number of fused-ring (bicyclic) bond motifs is 1. The van der Waals surface area contributed by atoms with Crippen LogP contribution in [-0.2, 0) is 6.61 Å². The average Bonchev–Trinajstić information content (AvgIpc) is 2.81. The molecule has 0 aliphatic heterocycles. The number of hydrogen-bond donors (Lipinski definition) is 1. The molecule has 0 atom stereocenters. The normalized spacial score (nSPS) is 10.8. The van der Waals surface area contributed by atoms with Crippen molar-refractivity contribution in [2.24, 2.45) is 0 Å². The molecule has 0 saturated carbocycles. The molecule has 0 bridgehead atoms. The first kappa shape index (κ1) is 12.1. The zero-order chi connectivity index (χ0) is 13.2. The Bertz CT molecular complexity index is 718. The van der Waals surface area contributed by atoms with Crippen molar-refractivity contribution in [1.29, 1.82) is 0 Å². The van der Waals surface area contributed by atoms with Crippen molar-refractivity contribution in [3.63, 3.8) is 0 Å². The number of ether oxygens (including phenoxy) is 1. The summed E-state index contributed by atoms with van der Waals surface area (Å²) in [6.07, 6.45) is 0. The zero-order valence-electron chi connectivity index (χ0n) is 10.7. The third-order valence-electron chi connectivity index (χ3n) is 3.00. The van der Waals surface area contributed by atoms with Crippen LogP contribution in [0.4, 0.5) is 5.69 Å². The number of aryl methyl sites for hydroxylation is 1. The first-order valence-corrected chi connectivity index (χ1v) is 7.00. The molecule has 0 amide bonds. The highest BCUT2D eigenvalue weighted by Gasteiger charge is 2.05. The van der Waals surface area contributed by atoms with Crippen molar-refractivity contribution in [2.75, 3.05) is 5.73 Å². The van der Waals surface area contributed by atoms with Crippen LogP contribution in [0.2, 0.25) is 0 Å². The van der Waals surface area contributed by atoms with Gasteiger partial charge in [-0.15, -0.1) is 11.3 Å². The van der Waals surface area contributed by atoms with E-state index in [4.69, 9.17) is 10.5 Å². The van der Waals surface area contributed by atoms with E-state index in [1.807, 2.05) is 30.3 Å². The molecule has 96 valence electrons. The molecule has 1 aromatic heterocycles. The maximum Gasteiger partial charge on any atom is 0.122 e. The predicted molar refractivity (Wildman–Crippen MR) is 81.7 cm³/mol. The maximum absolute atomic E-state index is 5.97. The summed E-state index contributed by atoms with van der Waals surface area (Å²) >= 11 is 1.70. The van der Waals surface area contributed by atoms with Gasteiger partial charge in [0.15, 0.2) is 0 Å². The third kappa shape index (κ3) is 2.56. The fourth-order valence-corrected chi connectivity index (χ4v) is 3.07. The lowest BCUT2D eigenvalue weighted by Crippen LogP contribution is -1.92. The lowest BCUT2D eigenvalue weighted by Gasteiger charge is -2.04. The van der Waals surface area contributed by atoms with Crippen molar-refractivity contribution in [1.82, 2.24) is 0 Å². The lowest BCUT2D eigenvalue weighted by molar-refractivity contribution is 0.309. The van der Waals surface area contributed by atoms with Gasteiger partial charge in [-0.3, -0.25) is 0 Å². The minimum absolute atomic E-state index is 0.586. The van der Waals surface area contributed by atoms with E-state index in [-0.39, 0.29) is 0 Å². The van der Waals surface area contributed by atoms with E-state index in [2.05, 4.69) is 25.1 Å². The Morgan fingerprint density at radius 1 is 1.11 bits per heavy atom. The van der Waals surface area contributed by atoms with Crippen molar-refractivity contribution in [2.45, 2.75) is 13.5 Å². The number of rotatable bonds is 3. The van der Waals surface area contributed by atoms with Gasteiger partial charge in [0.05, 0.1) is 4.70 Å². The predicted octanol–water partition coefficient (Wildman–Crippen LogP) is 4.37. The van der Waals surface area contributed by atoms with Crippen LogP contribution in [0, 0.1) is 6.92 Å². The van der Waals surface area contributed by atoms with Crippen LogP contribution in [0.15, 0.2) is 48.5 Å². The van der Waals surface area contributed by atoms with Crippen molar-refractivity contribution in [3.05, 3.63) is 59.0 Å². The maximum atomic E-state index is 5.97. The molecule has 2 aromatic carbocycles. The van der Waals surface area contributed by atoms with Crippen LogP contribution in [-0.4, -0.2) is 0 Å². The average molecular weight is 269 g/mol. The molecular formula is C16H15NOS. The number of hydrogen-bond acceptors (Lipinski definition) is 3. The van der Waals surface area contributed by atoms with Gasteiger partial charge in [0, 0.05) is 10.6 Å². The van der Waals surface area contributed by atoms with Crippen LogP contribution < -0.4 is 10.5 Å². The summed E-state index contributed by atoms with van der Waals surface area (Å²) in [6, 6.07) is 16.2. The molecule has 0 unspecified atom stereocenters. The van der Waals surface area contributed by atoms with Gasteiger partial charge in [-0.05, 0) is 42.1 Å². The highest BCUT2D eigenvalue weighted by molar-refractivity contribution is 7.19. The van der Waals surface area contributed by atoms with E-state index in [0.29, 0.717) is 6.61 Å². The van der Waals surface area contributed by atoms with Crippen molar-refractivity contribution in [3.8, 4) is 5.75 Å². The van der Waals surface area contributed by atoms with Gasteiger partial charge < -0.3 is 10.5 Å². The summed E-state index contributed by atoms with van der Waals surface area (Å²) in [5.41, 5.74) is 8.01. The van der Waals surface area contributed by atoms with Gasteiger partial charge in [-0.25, -0.2) is 0 Å². The first-order valence-electron chi connectivity index (χ1n) is 6.19. The number of nitrogens with two attached hydrogens (primary N) is 1. The number of benzene rings is 2. The van der Waals surface area contributed by atoms with E-state index >= 15 is 0 Å². The molecule has 0 fully saturated rings. The van der Waals surface area contributed by atoms with Crippen LogP contribution in [0.1, 0.15) is 10.4 Å². The second kappa shape index (κ2) is 4.94. The summed E-state index contributed by atoms with van der Waals surface area (Å²) in [6.45, 7) is 2.65. The molecule has 0 radical (unpaired) electrons. The third-order valence-corrected chi connectivity index (χ3v) is 4.17. The molecule has 1 heterocycles. The minimum Gasteiger partial charge on any atom is -0.488 e. The molecule has 19 heavy (non-hydrogen) atoms. The molecule has 3 rings (SSSR count). The second-order valence-corrected chi connectivity index (χ2v) is 5.72. The number of thiophene rings is 1. The Morgan fingerprint density at radius 3 is 2.74 bits per heavy atom. The molecule has 3 heteroatoms. The van der Waals surface area contributed by atoms with Gasteiger partial charge in [-0.2, -0.15) is 0 Å². The van der Waals surface area contributed by atoms with Crippen LogP contribution in [0.3, 0.4) is 0 Å². The Labute approximate surface area is 116 Å². The van der Waals surface area contributed by atoms with E-state index < -0.39 is 0 Å². The van der Waals surface area contributed by atoms with Crippen LogP contribution in [0.5, 0.6) is 5.75 Å². The largest absolute Gasteiger partial charge is 0.488 e. The number of nitrogen functional groups attached to an aromatic ring is 1. The highest BCUT2D eigenvalue weighted by atomic mass is 32.1. The van der Waals surface area contributed by atoms with E-state index in [1.165, 1.54) is 15.8 Å². The fourth-order valence-electron chi connectivity index (χ4n) is 2.07. The van der Waals surface area contributed by atoms with Crippen LogP contribution in [0.25, 0.3) is 10.1 Å². The summed E-state index contributed by atoms with van der Waals surface area (Å²) in [5.74, 6) is 0.908. The molecule has 2 N–H and O–H groups in total. The Hall–Kier alpha value is -2.00. The standard InChI is InChI=1S/C16H15NOS/c1-11-4-2-6-13(8-11)18-10-14-9-12-5-3-7-15(17)16(12)19-14/h2-9H,10,17H2,1H3. The Kier molecular flexibility index (Phi) is 3.13. The lowest BCUT2D eigenvalue weighted by atomic mass is 10.2. The Balaban J connectivity index is 1.80. The van der Waals surface area contributed by atoms with Gasteiger partial charge in [0.1, 0.15) is 12.4 Å². The molecular weight excluding hydrogens is 254 g/mol. The fraction of sp³-hybridized carbons (Fsp3) is 0.125. The molecule has 3 aromatic rings. The molecule has 0 aliphatic carbocycles. The van der Waals surface area contributed by atoms with Crippen molar-refractivity contribution >= 4 is 27.1 Å². The van der Waals surface area contributed by atoms with Gasteiger partial charge >= 0.3 is 0 Å². The molecule has 0 spiro atoms. The minimum atomic E-state index is 0.586. The molecule has 0 saturated heterocycles. The van der Waals surface area contributed by atoms with Gasteiger partial charge in [0.25, 0.3) is 0 Å². The van der Waals surface area contributed by atoms with E-state index in [9.17, 15) is 0 Å². The highest BCUT2D eigenvalue weighted by Crippen LogP contribution is 2.30.